The highest BCUT2D eigenvalue weighted by molar-refractivity contribution is 7.46. The molecule has 9 heteroatoms. The molecule has 350 valence electrons. The molecule has 0 aliphatic heterocycles. The summed E-state index contributed by atoms with van der Waals surface area (Å²) in [4.78, 5) is 43.0. The number of phosphoric acid groups is 1. The third kappa shape index (κ3) is 48.7. The van der Waals surface area contributed by atoms with Gasteiger partial charge >= 0.3 is 19.8 Å². The fourth-order valence-electron chi connectivity index (χ4n) is 7.13. The van der Waals surface area contributed by atoms with E-state index in [0.29, 0.717) is 12.8 Å². The highest BCUT2D eigenvalue weighted by atomic mass is 31.2. The Kier molecular flexibility index (Phi) is 45.0. The van der Waals surface area contributed by atoms with Gasteiger partial charge in [0.15, 0.2) is 6.10 Å². The molecule has 0 aliphatic rings. The predicted octanol–water partition coefficient (Wildman–Crippen LogP) is 15.9. The summed E-state index contributed by atoms with van der Waals surface area (Å²) in [6, 6.07) is 0. The van der Waals surface area contributed by atoms with Crippen molar-refractivity contribution >= 4 is 19.8 Å². The second kappa shape index (κ2) is 46.5. The van der Waals surface area contributed by atoms with Crippen LogP contribution < -0.4 is 0 Å². The van der Waals surface area contributed by atoms with Crippen LogP contribution in [0.2, 0.25) is 0 Å². The molecule has 0 aromatic rings. The summed E-state index contributed by atoms with van der Waals surface area (Å²) in [6.07, 6.45) is 58.5. The topological polar surface area (TPSA) is 119 Å². The second-order valence-electron chi connectivity index (χ2n) is 16.8. The fraction of sp³-hybridized carbons (Fsp3) is 0.804. The zero-order valence-corrected chi connectivity index (χ0v) is 39.8. The number of hydrogen-bond acceptors (Lipinski definition) is 6. The van der Waals surface area contributed by atoms with E-state index in [-0.39, 0.29) is 19.4 Å². The van der Waals surface area contributed by atoms with E-state index in [2.05, 4.69) is 60.9 Å². The van der Waals surface area contributed by atoms with Crippen molar-refractivity contribution in [2.24, 2.45) is 0 Å². The Balaban J connectivity index is 3.91. The van der Waals surface area contributed by atoms with Gasteiger partial charge in [0.25, 0.3) is 0 Å². The maximum atomic E-state index is 12.4. The Hall–Kier alpha value is -1.99. The van der Waals surface area contributed by atoms with E-state index < -0.39 is 32.5 Å². The molecule has 0 radical (unpaired) electrons. The SMILES string of the molecule is CCCCCCCCC/C=C/C/C=C/C/C=C/C/C=C/CCCC(=O)O[C@H](COC(=O)CCCCCCCCCCCCCCCCCCCCCCC)COP(=O)(O)O. The first kappa shape index (κ1) is 58.0. The van der Waals surface area contributed by atoms with Gasteiger partial charge in [0.05, 0.1) is 6.61 Å². The maximum Gasteiger partial charge on any atom is 0.469 e. The van der Waals surface area contributed by atoms with E-state index in [1.165, 1.54) is 167 Å². The van der Waals surface area contributed by atoms with Gasteiger partial charge in [-0.05, 0) is 51.4 Å². The summed E-state index contributed by atoms with van der Waals surface area (Å²) >= 11 is 0. The lowest BCUT2D eigenvalue weighted by Crippen LogP contribution is -2.29. The van der Waals surface area contributed by atoms with Gasteiger partial charge in [0.2, 0.25) is 0 Å². The molecule has 1 atom stereocenters. The van der Waals surface area contributed by atoms with Crippen molar-refractivity contribution in [3.8, 4) is 0 Å². The number of carbonyl (C=O) groups excluding carboxylic acids is 2. The van der Waals surface area contributed by atoms with Crippen LogP contribution in [0.15, 0.2) is 48.6 Å². The van der Waals surface area contributed by atoms with Gasteiger partial charge in [0, 0.05) is 12.8 Å². The molecule has 0 unspecified atom stereocenters. The number of ether oxygens (including phenoxy) is 2. The quantitative estimate of drug-likeness (QED) is 0.0269. The summed E-state index contributed by atoms with van der Waals surface area (Å²) in [5, 5.41) is 0. The van der Waals surface area contributed by atoms with Crippen LogP contribution in [0.4, 0.5) is 0 Å². The van der Waals surface area contributed by atoms with Gasteiger partial charge in [-0.1, -0.05) is 229 Å². The van der Waals surface area contributed by atoms with E-state index >= 15 is 0 Å². The number of allylic oxidation sites excluding steroid dienone is 8. The molecule has 60 heavy (non-hydrogen) atoms. The number of rotatable bonds is 46. The number of esters is 2. The predicted molar refractivity (Wildman–Crippen MR) is 253 cm³/mol. The van der Waals surface area contributed by atoms with Gasteiger partial charge in [0.1, 0.15) is 6.61 Å². The highest BCUT2D eigenvalue weighted by Crippen LogP contribution is 2.36. The molecular formula is C51H93O8P. The van der Waals surface area contributed by atoms with E-state index in [1.807, 2.05) is 6.08 Å². The molecule has 0 heterocycles. The van der Waals surface area contributed by atoms with Crippen LogP contribution in [0.25, 0.3) is 0 Å². The van der Waals surface area contributed by atoms with Crippen molar-refractivity contribution in [2.75, 3.05) is 13.2 Å². The van der Waals surface area contributed by atoms with Gasteiger partial charge in [-0.3, -0.25) is 14.1 Å². The largest absolute Gasteiger partial charge is 0.469 e. The third-order valence-corrected chi connectivity index (χ3v) is 11.3. The maximum absolute atomic E-state index is 12.4. The number of phosphoric ester groups is 1. The molecule has 0 fully saturated rings. The Bertz CT molecular complexity index is 1110. The van der Waals surface area contributed by atoms with Crippen molar-refractivity contribution in [1.82, 2.24) is 0 Å². The lowest BCUT2D eigenvalue weighted by molar-refractivity contribution is -0.161. The third-order valence-electron chi connectivity index (χ3n) is 10.9. The molecule has 8 nitrogen and oxygen atoms in total. The summed E-state index contributed by atoms with van der Waals surface area (Å²) in [5.74, 6) is -0.941. The fourth-order valence-corrected chi connectivity index (χ4v) is 7.49. The minimum atomic E-state index is -4.77. The van der Waals surface area contributed by atoms with Crippen LogP contribution >= 0.6 is 7.82 Å². The first-order valence-corrected chi connectivity index (χ1v) is 26.5. The lowest BCUT2D eigenvalue weighted by Gasteiger charge is -2.18. The van der Waals surface area contributed by atoms with Gasteiger partial charge in [-0.2, -0.15) is 0 Å². The molecule has 0 amide bonds. The normalized spacial score (nSPS) is 12.8. The van der Waals surface area contributed by atoms with Crippen LogP contribution in [0, 0.1) is 0 Å². The molecule has 0 spiro atoms. The first-order valence-electron chi connectivity index (χ1n) is 24.9. The molecule has 0 bridgehead atoms. The van der Waals surface area contributed by atoms with Crippen LogP contribution in [0.5, 0.6) is 0 Å². The van der Waals surface area contributed by atoms with Crippen LogP contribution in [-0.4, -0.2) is 41.0 Å². The molecule has 0 saturated heterocycles. The molecule has 0 aromatic carbocycles. The summed E-state index contributed by atoms with van der Waals surface area (Å²) in [7, 11) is -4.77. The standard InChI is InChI=1S/C51H93O8P/c1-3-5-7-9-11-13-15-17-19-21-23-25-27-29-31-33-35-37-39-41-43-45-50(52)57-47-49(48-58-60(54,55)56)59-51(53)46-44-42-40-38-36-34-32-30-28-26-24-22-20-18-16-14-12-10-8-6-4-2/h20,22,26,28,32,34,38,40,49H,3-19,21,23-25,27,29-31,33,35-37,39,41-48H2,1-2H3,(H2,54,55,56)/b22-20+,28-26+,34-32+,40-38+/t49-/m1/s1. The van der Waals surface area contributed by atoms with Crippen LogP contribution in [0.1, 0.15) is 245 Å². The van der Waals surface area contributed by atoms with Crippen molar-refractivity contribution in [3.63, 3.8) is 0 Å². The molecule has 0 aromatic heterocycles. The molecular weight excluding hydrogens is 772 g/mol. The minimum Gasteiger partial charge on any atom is -0.462 e. The Morgan fingerprint density at radius 2 is 0.767 bits per heavy atom. The summed E-state index contributed by atoms with van der Waals surface area (Å²) in [5.41, 5.74) is 0. The van der Waals surface area contributed by atoms with E-state index in [1.54, 1.807) is 0 Å². The second-order valence-corrected chi connectivity index (χ2v) is 18.0. The van der Waals surface area contributed by atoms with E-state index in [4.69, 9.17) is 19.3 Å². The average molecular weight is 865 g/mol. The zero-order valence-electron chi connectivity index (χ0n) is 38.9. The van der Waals surface area contributed by atoms with Crippen molar-refractivity contribution in [1.29, 1.82) is 0 Å². The Labute approximate surface area is 369 Å². The summed E-state index contributed by atoms with van der Waals surface area (Å²) < 4.78 is 26.5. The highest BCUT2D eigenvalue weighted by Gasteiger charge is 2.22. The number of unbranched alkanes of at least 4 members (excludes halogenated alkanes) is 28. The summed E-state index contributed by atoms with van der Waals surface area (Å²) in [6.45, 7) is 3.68. The van der Waals surface area contributed by atoms with Crippen LogP contribution in [0.3, 0.4) is 0 Å². The monoisotopic (exact) mass is 865 g/mol. The molecule has 0 rings (SSSR count). The molecule has 2 N–H and O–H groups in total. The lowest BCUT2D eigenvalue weighted by atomic mass is 10.0. The van der Waals surface area contributed by atoms with Gasteiger partial charge in [-0.25, -0.2) is 4.57 Å². The van der Waals surface area contributed by atoms with Gasteiger partial charge in [-0.15, -0.1) is 0 Å². The minimum absolute atomic E-state index is 0.137. The van der Waals surface area contributed by atoms with Crippen molar-refractivity contribution in [2.45, 2.75) is 251 Å². The number of carbonyl (C=O) groups is 2. The van der Waals surface area contributed by atoms with Gasteiger partial charge < -0.3 is 19.3 Å². The zero-order chi connectivity index (χ0) is 43.9. The Morgan fingerprint density at radius 3 is 1.17 bits per heavy atom. The van der Waals surface area contributed by atoms with Crippen LogP contribution in [-0.2, 0) is 28.2 Å². The number of hydrogen-bond donors (Lipinski definition) is 2. The average Bonchev–Trinajstić information content (AvgIpc) is 3.22. The Morgan fingerprint density at radius 1 is 0.433 bits per heavy atom. The van der Waals surface area contributed by atoms with E-state index in [9.17, 15) is 14.2 Å². The van der Waals surface area contributed by atoms with Crippen molar-refractivity contribution in [3.05, 3.63) is 48.6 Å². The van der Waals surface area contributed by atoms with E-state index in [0.717, 1.165) is 38.5 Å². The first-order chi connectivity index (χ1) is 29.3. The van der Waals surface area contributed by atoms with Crippen molar-refractivity contribution < 1.29 is 37.9 Å². The molecule has 0 saturated carbocycles. The molecule has 0 aliphatic carbocycles. The smallest absolute Gasteiger partial charge is 0.462 e.